The molecule has 0 fully saturated rings. The zero-order valence-electron chi connectivity index (χ0n) is 14.8. The van der Waals surface area contributed by atoms with Crippen molar-refractivity contribution in [1.29, 1.82) is 0 Å². The van der Waals surface area contributed by atoms with Crippen molar-refractivity contribution in [2.75, 3.05) is 0 Å². The number of carbonyl (C=O) groups excluding carboxylic acids is 1. The summed E-state index contributed by atoms with van der Waals surface area (Å²) in [5.41, 5.74) is -0.473. The van der Waals surface area contributed by atoms with Gasteiger partial charge in [0.2, 0.25) is 5.91 Å². The monoisotopic (exact) mass is 361 g/mol. The summed E-state index contributed by atoms with van der Waals surface area (Å²) < 4.78 is 1.05. The van der Waals surface area contributed by atoms with E-state index in [9.17, 15) is 24.3 Å². The molecule has 140 valence electrons. The number of carboxylic acid groups (broad SMARTS) is 1. The summed E-state index contributed by atoms with van der Waals surface area (Å²) in [6, 6.07) is 5.76. The predicted molar refractivity (Wildman–Crippen MR) is 97.1 cm³/mol. The molecule has 1 aromatic heterocycles. The van der Waals surface area contributed by atoms with Gasteiger partial charge in [-0.25, -0.2) is 9.59 Å². The average molecular weight is 361 g/mol. The number of aromatic amines is 1. The second kappa shape index (κ2) is 8.46. The van der Waals surface area contributed by atoms with Crippen LogP contribution >= 0.6 is 0 Å². The van der Waals surface area contributed by atoms with Crippen molar-refractivity contribution in [2.45, 2.75) is 45.7 Å². The van der Waals surface area contributed by atoms with Crippen LogP contribution in [0.25, 0.3) is 10.9 Å². The number of para-hydroxylation sites is 1. The minimum atomic E-state index is -1.07. The molecule has 0 aliphatic rings. The predicted octanol–water partition coefficient (Wildman–Crippen LogP) is 1.09. The van der Waals surface area contributed by atoms with Gasteiger partial charge in [-0.1, -0.05) is 32.4 Å². The highest BCUT2D eigenvalue weighted by atomic mass is 16.4. The fourth-order valence-corrected chi connectivity index (χ4v) is 2.73. The van der Waals surface area contributed by atoms with Crippen molar-refractivity contribution >= 4 is 22.8 Å². The lowest BCUT2D eigenvalue weighted by Crippen LogP contribution is -2.45. The Morgan fingerprint density at radius 2 is 1.96 bits per heavy atom. The van der Waals surface area contributed by atoms with Gasteiger partial charge in [0.15, 0.2) is 0 Å². The molecule has 3 N–H and O–H groups in total. The number of carbonyl (C=O) groups is 2. The quantitative estimate of drug-likeness (QED) is 0.650. The minimum absolute atomic E-state index is 0.0267. The largest absolute Gasteiger partial charge is 0.480 e. The Hall–Kier alpha value is -2.90. The lowest BCUT2D eigenvalue weighted by molar-refractivity contribution is -0.143. The number of hydrogen-bond donors (Lipinski definition) is 3. The summed E-state index contributed by atoms with van der Waals surface area (Å²) in [4.78, 5) is 50.3. The molecule has 0 aliphatic carbocycles. The van der Waals surface area contributed by atoms with Gasteiger partial charge in [0.05, 0.1) is 10.9 Å². The van der Waals surface area contributed by atoms with E-state index in [1.54, 1.807) is 31.2 Å². The van der Waals surface area contributed by atoms with E-state index in [-0.39, 0.29) is 25.3 Å². The van der Waals surface area contributed by atoms with Crippen LogP contribution in [0.5, 0.6) is 0 Å². The third-order valence-electron chi connectivity index (χ3n) is 4.47. The molecule has 2 atom stereocenters. The first-order valence-corrected chi connectivity index (χ1v) is 8.59. The van der Waals surface area contributed by atoms with E-state index < -0.39 is 29.2 Å². The number of hydrogen-bond acceptors (Lipinski definition) is 4. The number of aliphatic carboxylic acids is 1. The van der Waals surface area contributed by atoms with E-state index >= 15 is 0 Å². The number of nitrogens with zero attached hydrogens (tertiary/aromatic N) is 1. The Morgan fingerprint density at radius 1 is 1.27 bits per heavy atom. The van der Waals surface area contributed by atoms with Crippen LogP contribution in [0.4, 0.5) is 0 Å². The van der Waals surface area contributed by atoms with Gasteiger partial charge in [-0.05, 0) is 24.5 Å². The molecule has 0 aliphatic heterocycles. The molecule has 1 aromatic carbocycles. The Morgan fingerprint density at radius 3 is 2.62 bits per heavy atom. The van der Waals surface area contributed by atoms with Gasteiger partial charge < -0.3 is 15.4 Å². The number of carboxylic acids is 1. The molecule has 0 radical (unpaired) electrons. The summed E-state index contributed by atoms with van der Waals surface area (Å²) in [5.74, 6) is -1.68. The molecule has 0 spiro atoms. The van der Waals surface area contributed by atoms with E-state index in [2.05, 4.69) is 10.3 Å². The van der Waals surface area contributed by atoms with Gasteiger partial charge in [0.1, 0.15) is 6.04 Å². The Kier molecular flexibility index (Phi) is 6.32. The number of fused-ring (bicyclic) bond motifs is 1. The Balaban J connectivity index is 2.03. The molecule has 2 aromatic rings. The maximum atomic E-state index is 12.4. The number of aromatic nitrogens is 2. The number of nitrogens with one attached hydrogen (secondary N) is 2. The van der Waals surface area contributed by atoms with Crippen molar-refractivity contribution < 1.29 is 14.7 Å². The summed E-state index contributed by atoms with van der Waals surface area (Å²) in [5, 5.41) is 12.1. The lowest BCUT2D eigenvalue weighted by atomic mass is 9.99. The summed E-state index contributed by atoms with van der Waals surface area (Å²) in [6.07, 6.45) is 0.901. The second-order valence-corrected chi connectivity index (χ2v) is 6.31. The topological polar surface area (TPSA) is 121 Å². The highest BCUT2D eigenvalue weighted by Crippen LogP contribution is 2.08. The minimum Gasteiger partial charge on any atom is -0.480 e. The normalized spacial score (nSPS) is 13.3. The number of amides is 1. The summed E-state index contributed by atoms with van der Waals surface area (Å²) in [7, 11) is 0. The molecule has 26 heavy (non-hydrogen) atoms. The zero-order valence-corrected chi connectivity index (χ0v) is 14.8. The van der Waals surface area contributed by atoms with E-state index in [0.29, 0.717) is 17.3 Å². The van der Waals surface area contributed by atoms with Crippen molar-refractivity contribution in [3.63, 3.8) is 0 Å². The van der Waals surface area contributed by atoms with E-state index in [1.165, 1.54) is 0 Å². The fraction of sp³-hybridized carbons (Fsp3) is 0.444. The molecule has 2 rings (SSSR count). The summed E-state index contributed by atoms with van der Waals surface area (Å²) in [6.45, 7) is 3.69. The van der Waals surface area contributed by atoms with Crippen LogP contribution in [0.15, 0.2) is 33.9 Å². The maximum absolute atomic E-state index is 12.4. The molecular formula is C18H23N3O5. The maximum Gasteiger partial charge on any atom is 0.328 e. The molecule has 1 amide bonds. The van der Waals surface area contributed by atoms with Crippen molar-refractivity contribution in [3.05, 3.63) is 45.1 Å². The average Bonchev–Trinajstić information content (AvgIpc) is 2.61. The number of rotatable bonds is 8. The van der Waals surface area contributed by atoms with E-state index in [1.807, 2.05) is 6.92 Å². The Bertz CT molecular complexity index is 915. The summed E-state index contributed by atoms with van der Waals surface area (Å²) >= 11 is 0. The number of H-pyrrole nitrogens is 1. The highest BCUT2D eigenvalue weighted by molar-refractivity contribution is 5.83. The van der Waals surface area contributed by atoms with Crippen molar-refractivity contribution in [1.82, 2.24) is 14.9 Å². The SMILES string of the molecule is CC[C@@H](C)[C@H](NC(=O)CCCn1c(=O)[nH]c2ccccc2c1=O)C(=O)O. The molecule has 0 unspecified atom stereocenters. The van der Waals surface area contributed by atoms with Gasteiger partial charge in [0, 0.05) is 13.0 Å². The van der Waals surface area contributed by atoms with Crippen LogP contribution in [-0.4, -0.2) is 32.6 Å². The van der Waals surface area contributed by atoms with Crippen LogP contribution in [0.2, 0.25) is 0 Å². The lowest BCUT2D eigenvalue weighted by Gasteiger charge is -2.20. The van der Waals surface area contributed by atoms with Crippen LogP contribution in [0, 0.1) is 5.92 Å². The smallest absolute Gasteiger partial charge is 0.328 e. The highest BCUT2D eigenvalue weighted by Gasteiger charge is 2.24. The first-order chi connectivity index (χ1) is 12.3. The molecule has 0 saturated carbocycles. The molecule has 1 heterocycles. The first-order valence-electron chi connectivity index (χ1n) is 8.59. The first kappa shape index (κ1) is 19.4. The van der Waals surface area contributed by atoms with Gasteiger partial charge in [0.25, 0.3) is 5.56 Å². The van der Waals surface area contributed by atoms with Crippen molar-refractivity contribution in [2.24, 2.45) is 5.92 Å². The standard InChI is InChI=1S/C18H23N3O5/c1-3-11(2)15(17(24)25)20-14(22)9-6-10-21-16(23)12-7-4-5-8-13(12)19-18(21)26/h4-5,7-8,11,15H,3,6,9-10H2,1-2H3,(H,19,26)(H,20,22)(H,24,25)/t11-,15+/m1/s1. The van der Waals surface area contributed by atoms with Crippen LogP contribution in [-0.2, 0) is 16.1 Å². The second-order valence-electron chi connectivity index (χ2n) is 6.31. The molecule has 0 saturated heterocycles. The third-order valence-corrected chi connectivity index (χ3v) is 4.47. The van der Waals surface area contributed by atoms with Gasteiger partial charge in [-0.15, -0.1) is 0 Å². The molecule has 8 heteroatoms. The Labute approximate surface area is 149 Å². The zero-order chi connectivity index (χ0) is 19.3. The third kappa shape index (κ3) is 4.38. The fourth-order valence-electron chi connectivity index (χ4n) is 2.73. The molecular weight excluding hydrogens is 338 g/mol. The number of benzene rings is 1. The van der Waals surface area contributed by atoms with Crippen LogP contribution in [0.1, 0.15) is 33.1 Å². The van der Waals surface area contributed by atoms with E-state index in [0.717, 1.165) is 4.57 Å². The van der Waals surface area contributed by atoms with Gasteiger partial charge in [-0.2, -0.15) is 0 Å². The van der Waals surface area contributed by atoms with Gasteiger partial charge in [-0.3, -0.25) is 14.2 Å². The van der Waals surface area contributed by atoms with E-state index in [4.69, 9.17) is 0 Å². The van der Waals surface area contributed by atoms with Gasteiger partial charge >= 0.3 is 11.7 Å². The molecule has 0 bridgehead atoms. The molecule has 8 nitrogen and oxygen atoms in total. The van der Waals surface area contributed by atoms with Crippen molar-refractivity contribution in [3.8, 4) is 0 Å². The van der Waals surface area contributed by atoms with Crippen LogP contribution in [0.3, 0.4) is 0 Å². The van der Waals surface area contributed by atoms with Crippen LogP contribution < -0.4 is 16.6 Å².